The maximum Gasteiger partial charge on any atom is 0.276 e. The molecule has 3 saturated heterocycles. The van der Waals surface area contributed by atoms with E-state index in [0.717, 1.165) is 76.3 Å². The molecule has 2 aliphatic carbocycles. The van der Waals surface area contributed by atoms with Crippen LogP contribution in [0.5, 0.6) is 0 Å². The number of alkyl halides is 2. The number of nitrogens with one attached hydrogen (secondary N) is 3. The molecule has 3 aromatic rings. The highest BCUT2D eigenvalue weighted by molar-refractivity contribution is 6.04. The molecular weight excluding hydrogens is 632 g/mol. The van der Waals surface area contributed by atoms with Crippen molar-refractivity contribution in [3.05, 3.63) is 53.2 Å². The molecule has 0 unspecified atom stereocenters. The van der Waals surface area contributed by atoms with Crippen LogP contribution in [-0.2, 0) is 29.0 Å². The van der Waals surface area contributed by atoms with E-state index in [0.29, 0.717) is 41.6 Å². The average Bonchev–Trinajstić information content (AvgIpc) is 3.49. The number of H-pyrrole nitrogens is 1. The molecule has 3 atom stereocenters. The second-order valence-corrected chi connectivity index (χ2v) is 15.0. The summed E-state index contributed by atoms with van der Waals surface area (Å²) in [6.07, 6.45) is 10.9. The lowest BCUT2D eigenvalue weighted by molar-refractivity contribution is -0.134. The summed E-state index contributed by atoms with van der Waals surface area (Å²) in [6, 6.07) is 3.97. The Balaban J connectivity index is 0.761. The van der Waals surface area contributed by atoms with Gasteiger partial charge < -0.3 is 15.1 Å². The predicted octanol–water partition coefficient (Wildman–Crippen LogP) is 3.77. The molecule has 260 valence electrons. The highest BCUT2D eigenvalue weighted by Crippen LogP contribution is 2.70. The number of halogens is 2. The third-order valence-corrected chi connectivity index (χ3v) is 11.9. The summed E-state index contributed by atoms with van der Waals surface area (Å²) >= 11 is 0. The number of hydrogen-bond acceptors (Lipinski definition) is 8. The van der Waals surface area contributed by atoms with Crippen LogP contribution in [0.1, 0.15) is 78.7 Å². The highest BCUT2D eigenvalue weighted by atomic mass is 19.3. The van der Waals surface area contributed by atoms with E-state index < -0.39 is 23.2 Å². The normalized spacial score (nSPS) is 27.4. The van der Waals surface area contributed by atoms with Crippen molar-refractivity contribution in [2.75, 3.05) is 42.9 Å². The van der Waals surface area contributed by atoms with Gasteiger partial charge in [0.1, 0.15) is 5.82 Å². The fourth-order valence-electron chi connectivity index (χ4n) is 8.64. The maximum atomic E-state index is 14.3. The monoisotopic (exact) mass is 675 g/mol. The van der Waals surface area contributed by atoms with Crippen LogP contribution in [0.25, 0.3) is 0 Å². The molecular formula is C35H43F2N9O3. The molecule has 0 bridgehead atoms. The van der Waals surface area contributed by atoms with Crippen LogP contribution in [-0.4, -0.2) is 86.2 Å². The smallest absolute Gasteiger partial charge is 0.276 e. The fraction of sp³-hybridized carbons (Fsp3) is 0.600. The van der Waals surface area contributed by atoms with Gasteiger partial charge in [0.2, 0.25) is 11.8 Å². The van der Waals surface area contributed by atoms with Crippen LogP contribution in [0.4, 0.5) is 20.3 Å². The topological polar surface area (TPSA) is 141 Å². The van der Waals surface area contributed by atoms with Gasteiger partial charge in [0.25, 0.3) is 11.8 Å². The van der Waals surface area contributed by atoms with Crippen LogP contribution in [0.15, 0.2) is 30.7 Å². The first-order chi connectivity index (χ1) is 23.6. The molecule has 3 amide bonds. The van der Waals surface area contributed by atoms with Gasteiger partial charge in [0, 0.05) is 74.0 Å². The quantitative estimate of drug-likeness (QED) is 0.307. The molecule has 0 spiro atoms. The number of amides is 3. The number of carbonyl (C=O) groups is 3. The van der Waals surface area contributed by atoms with Crippen molar-refractivity contribution in [2.24, 2.45) is 23.2 Å². The zero-order valence-corrected chi connectivity index (χ0v) is 27.8. The summed E-state index contributed by atoms with van der Waals surface area (Å²) in [5.41, 5.74) is 1.84. The maximum absolute atomic E-state index is 14.3. The van der Waals surface area contributed by atoms with E-state index in [1.807, 2.05) is 23.0 Å². The molecule has 12 nitrogen and oxygen atoms in total. The van der Waals surface area contributed by atoms with E-state index in [-0.39, 0.29) is 36.3 Å². The van der Waals surface area contributed by atoms with Crippen LogP contribution >= 0.6 is 0 Å². The van der Waals surface area contributed by atoms with E-state index in [4.69, 9.17) is 0 Å². The van der Waals surface area contributed by atoms with E-state index in [9.17, 15) is 23.2 Å². The summed E-state index contributed by atoms with van der Waals surface area (Å²) in [6.45, 7) is 7.54. The first-order valence-electron chi connectivity index (χ1n) is 17.6. The van der Waals surface area contributed by atoms with E-state index in [1.165, 1.54) is 0 Å². The van der Waals surface area contributed by atoms with Gasteiger partial charge in [-0.05, 0) is 75.1 Å². The van der Waals surface area contributed by atoms with E-state index in [2.05, 4.69) is 40.7 Å². The first kappa shape index (κ1) is 32.0. The third kappa shape index (κ3) is 6.01. The van der Waals surface area contributed by atoms with Crippen molar-refractivity contribution < 1.29 is 23.2 Å². The number of pyridine rings is 1. The lowest BCUT2D eigenvalue weighted by Gasteiger charge is -2.38. The van der Waals surface area contributed by atoms with Gasteiger partial charge in [-0.15, -0.1) is 0 Å². The average molecular weight is 676 g/mol. The third-order valence-electron chi connectivity index (χ3n) is 11.9. The van der Waals surface area contributed by atoms with Gasteiger partial charge in [-0.3, -0.25) is 29.5 Å². The van der Waals surface area contributed by atoms with Crippen LogP contribution < -0.4 is 15.5 Å². The summed E-state index contributed by atoms with van der Waals surface area (Å²) in [5.74, 6) is -2.49. The van der Waals surface area contributed by atoms with Crippen molar-refractivity contribution in [1.29, 1.82) is 0 Å². The van der Waals surface area contributed by atoms with E-state index >= 15 is 0 Å². The Bertz CT molecular complexity index is 1740. The molecule has 8 rings (SSSR count). The Morgan fingerprint density at radius 1 is 1.02 bits per heavy atom. The van der Waals surface area contributed by atoms with Crippen LogP contribution in [0.3, 0.4) is 0 Å². The Labute approximate surface area is 283 Å². The Morgan fingerprint density at radius 3 is 2.51 bits per heavy atom. The van der Waals surface area contributed by atoms with Gasteiger partial charge in [0.15, 0.2) is 5.69 Å². The molecule has 3 aliphatic heterocycles. The summed E-state index contributed by atoms with van der Waals surface area (Å²) < 4.78 is 30.5. The highest BCUT2D eigenvalue weighted by Gasteiger charge is 2.78. The summed E-state index contributed by atoms with van der Waals surface area (Å²) in [7, 11) is 0. The van der Waals surface area contributed by atoms with Gasteiger partial charge in [-0.2, -0.15) is 10.2 Å². The van der Waals surface area contributed by atoms with Gasteiger partial charge in [-0.1, -0.05) is 13.0 Å². The van der Waals surface area contributed by atoms with Crippen LogP contribution in [0, 0.1) is 23.2 Å². The van der Waals surface area contributed by atoms with Crippen molar-refractivity contribution in [3.63, 3.8) is 0 Å². The standard InChI is InChI=1S/C35H43F2N9O3/c1-34-15-27-26(14-28(34)35(34,36)37)31(43-42-27)33(49)40-24-17-39-46(20-24)19-22-6-10-44(11-7-22)18-21-8-12-45(13-9-21)29-4-2-23(16-38-29)25-3-5-30(47)41-32(25)48/h2,4,16-17,20-22,25,28H,3,5-15,18-19H2,1H3,(H,40,49)(H,42,43)(H,41,47,48)/t25-,28+,34-/m1/s1. The van der Waals surface area contributed by atoms with Gasteiger partial charge >= 0.3 is 0 Å². The summed E-state index contributed by atoms with van der Waals surface area (Å²) in [5, 5.41) is 16.8. The molecule has 3 N–H and O–H groups in total. The van der Waals surface area contributed by atoms with Gasteiger partial charge in [-0.25, -0.2) is 13.8 Å². The number of nitrogens with zero attached hydrogens (tertiary/aromatic N) is 6. The zero-order chi connectivity index (χ0) is 33.9. The first-order valence-corrected chi connectivity index (χ1v) is 17.6. The number of hydrogen-bond donors (Lipinski definition) is 3. The Kier molecular flexibility index (Phi) is 8.03. The van der Waals surface area contributed by atoms with Crippen molar-refractivity contribution in [2.45, 2.75) is 76.7 Å². The molecule has 0 aromatic carbocycles. The Morgan fingerprint density at radius 2 is 1.78 bits per heavy atom. The second kappa shape index (κ2) is 12.3. The number of likely N-dealkylation sites (tertiary alicyclic amines) is 1. The number of anilines is 2. The molecule has 6 heterocycles. The zero-order valence-electron chi connectivity index (χ0n) is 27.8. The number of piperidine rings is 3. The number of aromatic nitrogens is 5. The number of carbonyl (C=O) groups excluding carboxylic acids is 3. The predicted molar refractivity (Wildman–Crippen MR) is 176 cm³/mol. The van der Waals surface area contributed by atoms with Crippen molar-refractivity contribution in [3.8, 4) is 0 Å². The van der Waals surface area contributed by atoms with Crippen molar-refractivity contribution in [1.82, 2.24) is 35.2 Å². The minimum absolute atomic E-state index is 0.163. The largest absolute Gasteiger partial charge is 0.357 e. The molecule has 4 fully saturated rings. The lowest BCUT2D eigenvalue weighted by Crippen LogP contribution is -2.42. The lowest BCUT2D eigenvalue weighted by atomic mass is 9.87. The number of rotatable bonds is 8. The molecule has 3 aromatic heterocycles. The van der Waals surface area contributed by atoms with Crippen LogP contribution in [0.2, 0.25) is 0 Å². The molecule has 0 radical (unpaired) electrons. The van der Waals surface area contributed by atoms with E-state index in [1.54, 1.807) is 19.3 Å². The minimum Gasteiger partial charge on any atom is -0.357 e. The fourth-order valence-corrected chi connectivity index (χ4v) is 8.64. The molecule has 1 saturated carbocycles. The second-order valence-electron chi connectivity index (χ2n) is 15.0. The molecule has 14 heteroatoms. The summed E-state index contributed by atoms with van der Waals surface area (Å²) in [4.78, 5) is 46.3. The molecule has 5 aliphatic rings. The minimum atomic E-state index is -2.70. The number of aromatic amines is 1. The number of fused-ring (bicyclic) bond motifs is 2. The van der Waals surface area contributed by atoms with Crippen molar-refractivity contribution >= 4 is 29.2 Å². The number of imide groups is 1. The molecule has 49 heavy (non-hydrogen) atoms. The van der Waals surface area contributed by atoms with Gasteiger partial charge in [0.05, 0.1) is 17.8 Å². The SMILES string of the molecule is C[C@@]12Cc3[nH]nc(C(=O)Nc4cnn(CC5CCN(CC6CCN(c7ccc([C@H]8CCC(=O)NC8=O)cn7)CC6)CC5)c4)c3C[C@@H]1C2(F)F. The Hall–Kier alpha value is -4.20.